The van der Waals surface area contributed by atoms with Crippen molar-refractivity contribution in [3.05, 3.63) is 42.0 Å². The first kappa shape index (κ1) is 16.5. The molecule has 2 aromatic rings. The first-order valence-corrected chi connectivity index (χ1v) is 8.52. The van der Waals surface area contributed by atoms with E-state index in [-0.39, 0.29) is 0 Å². The van der Waals surface area contributed by atoms with Crippen LogP contribution >= 0.6 is 0 Å². The molecule has 0 saturated carbocycles. The van der Waals surface area contributed by atoms with E-state index >= 15 is 0 Å². The lowest BCUT2D eigenvalue weighted by molar-refractivity contribution is 0.1000. The van der Waals surface area contributed by atoms with Gasteiger partial charge in [0.25, 0.3) is 0 Å². The van der Waals surface area contributed by atoms with Crippen LogP contribution in [0.25, 0.3) is 11.4 Å². The summed E-state index contributed by atoms with van der Waals surface area (Å²) in [6.45, 7) is 3.70. The lowest BCUT2D eigenvalue weighted by Gasteiger charge is -2.13. The third-order valence-electron chi connectivity index (χ3n) is 4.37. The Labute approximate surface area is 142 Å². The number of primary amides is 1. The van der Waals surface area contributed by atoms with Crippen LogP contribution in [0, 0.1) is 0 Å². The van der Waals surface area contributed by atoms with Crippen LogP contribution in [0.15, 0.2) is 30.7 Å². The first-order valence-electron chi connectivity index (χ1n) is 8.52. The molecule has 6 nitrogen and oxygen atoms in total. The molecule has 0 bridgehead atoms. The van der Waals surface area contributed by atoms with Crippen LogP contribution in [0.2, 0.25) is 0 Å². The Hall–Kier alpha value is -2.34. The predicted molar refractivity (Wildman–Crippen MR) is 92.4 cm³/mol. The van der Waals surface area contributed by atoms with Gasteiger partial charge in [0.2, 0.25) is 5.91 Å². The van der Waals surface area contributed by atoms with E-state index in [1.165, 1.54) is 38.9 Å². The van der Waals surface area contributed by atoms with Crippen molar-refractivity contribution in [3.8, 4) is 11.4 Å². The Morgan fingerprint density at radius 1 is 1.08 bits per heavy atom. The Bertz CT molecular complexity index is 680. The van der Waals surface area contributed by atoms with Crippen molar-refractivity contribution in [1.29, 1.82) is 0 Å². The van der Waals surface area contributed by atoms with Gasteiger partial charge in [0.1, 0.15) is 5.69 Å². The number of carbonyl (C=O) groups is 1. The van der Waals surface area contributed by atoms with Crippen molar-refractivity contribution in [2.24, 2.45) is 5.73 Å². The maximum absolute atomic E-state index is 11.2. The summed E-state index contributed by atoms with van der Waals surface area (Å²) in [5, 5.41) is 0. The lowest BCUT2D eigenvalue weighted by Crippen LogP contribution is -2.20. The Balaban J connectivity index is 1.53. The molecule has 24 heavy (non-hydrogen) atoms. The smallest absolute Gasteiger partial charge is 0.248 e. The van der Waals surface area contributed by atoms with E-state index in [4.69, 9.17) is 5.73 Å². The summed E-state index contributed by atoms with van der Waals surface area (Å²) in [6, 6.07) is 3.23. The molecule has 6 heteroatoms. The van der Waals surface area contributed by atoms with Crippen molar-refractivity contribution in [3.63, 3.8) is 0 Å². The van der Waals surface area contributed by atoms with E-state index in [2.05, 4.69) is 19.9 Å². The summed E-state index contributed by atoms with van der Waals surface area (Å²) in [4.78, 5) is 26.9. The van der Waals surface area contributed by atoms with Crippen molar-refractivity contribution >= 4 is 5.91 Å². The normalized spacial score (nSPS) is 14.8. The Kier molecular flexibility index (Phi) is 5.48. The van der Waals surface area contributed by atoms with E-state index < -0.39 is 5.91 Å². The molecule has 1 fully saturated rings. The number of rotatable bonds is 7. The molecule has 2 aromatic heterocycles. The average Bonchev–Trinajstić information content (AvgIpc) is 3.13. The second kappa shape index (κ2) is 7.97. The van der Waals surface area contributed by atoms with Gasteiger partial charge in [-0.3, -0.25) is 19.7 Å². The number of aromatic nitrogens is 3. The van der Waals surface area contributed by atoms with Crippen molar-refractivity contribution in [2.75, 3.05) is 19.6 Å². The highest BCUT2D eigenvalue weighted by Gasteiger charge is 2.10. The number of amides is 1. The minimum absolute atomic E-state index is 0.424. The molecule has 1 aliphatic rings. The molecule has 0 spiro atoms. The number of nitrogens with two attached hydrogens (primary N) is 1. The lowest BCUT2D eigenvalue weighted by atomic mass is 10.1. The van der Waals surface area contributed by atoms with E-state index in [9.17, 15) is 4.79 Å². The van der Waals surface area contributed by atoms with Gasteiger partial charge in [-0.05, 0) is 63.9 Å². The standard InChI is InChI=1S/C18H23N5O/c19-18(24)14-6-7-20-16(11-14)17-13-21-15(12-22-17)5-1-2-8-23-9-3-4-10-23/h6-7,11-13H,1-5,8-10H2,(H2,19,24). The van der Waals surface area contributed by atoms with Crippen LogP contribution in [-0.2, 0) is 6.42 Å². The maximum atomic E-state index is 11.2. The highest BCUT2D eigenvalue weighted by molar-refractivity contribution is 5.93. The van der Waals surface area contributed by atoms with Crippen molar-refractivity contribution in [2.45, 2.75) is 32.1 Å². The summed E-state index contributed by atoms with van der Waals surface area (Å²) < 4.78 is 0. The summed E-state index contributed by atoms with van der Waals surface area (Å²) in [6.07, 6.45) is 11.0. The Morgan fingerprint density at radius 3 is 2.62 bits per heavy atom. The minimum Gasteiger partial charge on any atom is -0.366 e. The van der Waals surface area contributed by atoms with Gasteiger partial charge >= 0.3 is 0 Å². The number of nitrogens with zero attached hydrogens (tertiary/aromatic N) is 4. The zero-order valence-electron chi connectivity index (χ0n) is 13.8. The second-order valence-electron chi connectivity index (χ2n) is 6.19. The van der Waals surface area contributed by atoms with Crippen LogP contribution in [0.1, 0.15) is 41.7 Å². The van der Waals surface area contributed by atoms with Crippen LogP contribution in [0.3, 0.4) is 0 Å². The molecule has 1 saturated heterocycles. The number of hydrogen-bond acceptors (Lipinski definition) is 5. The van der Waals surface area contributed by atoms with E-state index in [1.807, 2.05) is 0 Å². The molecular formula is C18H23N5O. The SMILES string of the molecule is NC(=O)c1ccnc(-c2cnc(CCCCN3CCCC3)cn2)c1. The molecular weight excluding hydrogens is 302 g/mol. The highest BCUT2D eigenvalue weighted by Crippen LogP contribution is 2.15. The number of pyridine rings is 1. The molecule has 126 valence electrons. The average molecular weight is 325 g/mol. The van der Waals surface area contributed by atoms with E-state index in [0.717, 1.165) is 18.5 Å². The maximum Gasteiger partial charge on any atom is 0.248 e. The van der Waals surface area contributed by atoms with Crippen LogP contribution in [-0.4, -0.2) is 45.4 Å². The third-order valence-corrected chi connectivity index (χ3v) is 4.37. The number of aryl methyl sites for hydroxylation is 1. The predicted octanol–water partition coefficient (Wildman–Crippen LogP) is 2.06. The van der Waals surface area contributed by atoms with Gasteiger partial charge in [0.05, 0.1) is 17.6 Å². The molecule has 0 atom stereocenters. The fourth-order valence-corrected chi connectivity index (χ4v) is 2.99. The minimum atomic E-state index is -0.471. The van der Waals surface area contributed by atoms with Crippen LogP contribution in [0.5, 0.6) is 0 Å². The third kappa shape index (κ3) is 4.35. The summed E-state index contributed by atoms with van der Waals surface area (Å²) in [7, 11) is 0. The summed E-state index contributed by atoms with van der Waals surface area (Å²) >= 11 is 0. The summed E-state index contributed by atoms with van der Waals surface area (Å²) in [5.74, 6) is -0.471. The molecule has 2 N–H and O–H groups in total. The van der Waals surface area contributed by atoms with Gasteiger partial charge < -0.3 is 10.6 Å². The number of carbonyl (C=O) groups excluding carboxylic acids is 1. The molecule has 0 aliphatic carbocycles. The largest absolute Gasteiger partial charge is 0.366 e. The zero-order valence-corrected chi connectivity index (χ0v) is 13.8. The topological polar surface area (TPSA) is 85.0 Å². The van der Waals surface area contributed by atoms with Crippen molar-refractivity contribution in [1.82, 2.24) is 19.9 Å². The van der Waals surface area contributed by atoms with Gasteiger partial charge in [0.15, 0.2) is 0 Å². The van der Waals surface area contributed by atoms with Crippen molar-refractivity contribution < 1.29 is 4.79 Å². The fraction of sp³-hybridized carbons (Fsp3) is 0.444. The molecule has 3 heterocycles. The highest BCUT2D eigenvalue weighted by atomic mass is 16.1. The summed E-state index contributed by atoms with van der Waals surface area (Å²) in [5.41, 5.74) is 7.97. The quantitative estimate of drug-likeness (QED) is 0.788. The van der Waals surface area contributed by atoms with E-state index in [0.29, 0.717) is 17.0 Å². The van der Waals surface area contributed by atoms with Gasteiger partial charge in [-0.25, -0.2) is 0 Å². The second-order valence-corrected chi connectivity index (χ2v) is 6.19. The molecule has 1 amide bonds. The molecule has 0 radical (unpaired) electrons. The molecule has 3 rings (SSSR count). The van der Waals surface area contributed by atoms with Gasteiger partial charge in [-0.15, -0.1) is 0 Å². The fourth-order valence-electron chi connectivity index (χ4n) is 2.99. The van der Waals surface area contributed by atoms with Gasteiger partial charge in [-0.2, -0.15) is 0 Å². The van der Waals surface area contributed by atoms with Gasteiger partial charge in [0, 0.05) is 18.0 Å². The number of likely N-dealkylation sites (tertiary alicyclic amines) is 1. The number of unbranched alkanes of at least 4 members (excludes halogenated alkanes) is 1. The number of hydrogen-bond donors (Lipinski definition) is 1. The van der Waals surface area contributed by atoms with Gasteiger partial charge in [-0.1, -0.05) is 0 Å². The monoisotopic (exact) mass is 325 g/mol. The van der Waals surface area contributed by atoms with Crippen LogP contribution < -0.4 is 5.73 Å². The molecule has 0 unspecified atom stereocenters. The van der Waals surface area contributed by atoms with Crippen LogP contribution in [0.4, 0.5) is 0 Å². The molecule has 1 aliphatic heterocycles. The van der Waals surface area contributed by atoms with E-state index in [1.54, 1.807) is 30.7 Å². The Morgan fingerprint density at radius 2 is 1.92 bits per heavy atom. The molecule has 0 aromatic carbocycles. The zero-order chi connectivity index (χ0) is 16.8. The first-order chi connectivity index (χ1) is 11.7.